The summed E-state index contributed by atoms with van der Waals surface area (Å²) in [7, 11) is 0. The normalized spacial score (nSPS) is 11.0. The zero-order valence-corrected chi connectivity index (χ0v) is 15.9. The molecule has 0 unspecified atom stereocenters. The van der Waals surface area contributed by atoms with Crippen LogP contribution in [-0.2, 0) is 4.79 Å². The average Bonchev–Trinajstić information content (AvgIpc) is 3.10. The van der Waals surface area contributed by atoms with Gasteiger partial charge < -0.3 is 5.32 Å². The number of hydrogen-bond donors (Lipinski definition) is 1. The fraction of sp³-hybridized carbons (Fsp3) is 0.167. The Kier molecular flexibility index (Phi) is 6.46. The van der Waals surface area contributed by atoms with Gasteiger partial charge in [0.2, 0.25) is 5.91 Å². The van der Waals surface area contributed by atoms with Crippen molar-refractivity contribution in [3.8, 4) is 5.69 Å². The number of nitrogens with zero attached hydrogens (tertiary/aromatic N) is 3. The maximum Gasteiger partial charge on any atom is 0.288 e. The molecule has 0 aliphatic rings. The third kappa shape index (κ3) is 5.30. The lowest BCUT2D eigenvalue weighted by molar-refractivity contribution is -0.113. The van der Waals surface area contributed by atoms with E-state index < -0.39 is 5.76 Å². The number of carbonyl (C=O) groups is 1. The highest BCUT2D eigenvalue weighted by atomic mass is 32.2. The quantitative estimate of drug-likeness (QED) is 0.580. The number of amides is 1. The van der Waals surface area contributed by atoms with Crippen LogP contribution in [0.2, 0.25) is 0 Å². The zero-order valence-electron chi connectivity index (χ0n) is 14.3. The van der Waals surface area contributed by atoms with Crippen LogP contribution in [0.15, 0.2) is 64.9 Å². The molecule has 1 amide bonds. The first kappa shape index (κ1) is 19.4. The highest BCUT2D eigenvalue weighted by molar-refractivity contribution is 8.00. The number of alkyl halides is 2. The molecule has 3 rings (SSSR count). The summed E-state index contributed by atoms with van der Waals surface area (Å²) < 4.78 is 26.5. The maximum atomic E-state index is 12.3. The van der Waals surface area contributed by atoms with E-state index in [0.717, 1.165) is 11.3 Å². The summed E-state index contributed by atoms with van der Waals surface area (Å²) in [5.74, 6) is -2.53. The lowest BCUT2D eigenvalue weighted by Gasteiger charge is -2.09. The Balaban J connectivity index is 1.59. The van der Waals surface area contributed by atoms with Gasteiger partial charge in [-0.05, 0) is 42.8 Å². The minimum atomic E-state index is -2.47. The fourth-order valence-electron chi connectivity index (χ4n) is 2.37. The largest absolute Gasteiger partial charge is 0.325 e. The van der Waals surface area contributed by atoms with E-state index in [1.54, 1.807) is 30.6 Å². The van der Waals surface area contributed by atoms with Gasteiger partial charge in [-0.3, -0.25) is 9.36 Å². The highest BCUT2D eigenvalue weighted by Crippen LogP contribution is 2.26. The lowest BCUT2D eigenvalue weighted by atomic mass is 10.2. The van der Waals surface area contributed by atoms with Crippen LogP contribution >= 0.6 is 23.5 Å². The van der Waals surface area contributed by atoms with Crippen molar-refractivity contribution in [3.63, 3.8) is 0 Å². The van der Waals surface area contributed by atoms with Crippen molar-refractivity contribution in [3.05, 3.63) is 60.4 Å². The molecule has 0 atom stereocenters. The van der Waals surface area contributed by atoms with Crippen molar-refractivity contribution >= 4 is 35.1 Å². The van der Waals surface area contributed by atoms with Crippen LogP contribution in [0.4, 0.5) is 14.5 Å². The summed E-state index contributed by atoms with van der Waals surface area (Å²) in [5, 5.41) is 11.4. The number of thioether (sulfide) groups is 2. The van der Waals surface area contributed by atoms with Crippen LogP contribution < -0.4 is 5.32 Å². The van der Waals surface area contributed by atoms with Crippen molar-refractivity contribution in [2.75, 3.05) is 11.1 Å². The van der Waals surface area contributed by atoms with E-state index in [-0.39, 0.29) is 11.7 Å². The van der Waals surface area contributed by atoms with Crippen LogP contribution in [0.25, 0.3) is 5.69 Å². The van der Waals surface area contributed by atoms with Crippen LogP contribution in [0, 0.1) is 6.92 Å². The Morgan fingerprint density at radius 3 is 2.63 bits per heavy atom. The molecule has 3 aromatic rings. The van der Waals surface area contributed by atoms with Crippen LogP contribution in [0.1, 0.15) is 5.56 Å². The topological polar surface area (TPSA) is 59.8 Å². The third-order valence-corrected chi connectivity index (χ3v) is 5.25. The van der Waals surface area contributed by atoms with Gasteiger partial charge in [0.05, 0.1) is 11.4 Å². The van der Waals surface area contributed by atoms with E-state index in [4.69, 9.17) is 0 Å². The number of para-hydroxylation sites is 1. The van der Waals surface area contributed by atoms with Crippen molar-refractivity contribution in [1.29, 1.82) is 0 Å². The molecule has 0 saturated heterocycles. The number of hydrogen-bond acceptors (Lipinski definition) is 5. The van der Waals surface area contributed by atoms with E-state index in [0.29, 0.717) is 27.5 Å². The summed E-state index contributed by atoms with van der Waals surface area (Å²) >= 11 is 1.74. The van der Waals surface area contributed by atoms with Crippen molar-refractivity contribution in [2.45, 2.75) is 22.7 Å². The molecular formula is C18H16F2N4OS2. The number of carbonyl (C=O) groups excluding carboxylic acids is 1. The Bertz CT molecular complexity index is 916. The van der Waals surface area contributed by atoms with Crippen molar-refractivity contribution in [1.82, 2.24) is 14.8 Å². The fourth-order valence-corrected chi connectivity index (χ4v) is 3.59. The molecule has 0 saturated carbocycles. The van der Waals surface area contributed by atoms with Gasteiger partial charge in [0.15, 0.2) is 5.16 Å². The second kappa shape index (κ2) is 9.01. The van der Waals surface area contributed by atoms with Gasteiger partial charge in [-0.1, -0.05) is 41.7 Å². The van der Waals surface area contributed by atoms with Gasteiger partial charge in [0.1, 0.15) is 6.33 Å². The monoisotopic (exact) mass is 406 g/mol. The Morgan fingerprint density at radius 2 is 1.93 bits per heavy atom. The van der Waals surface area contributed by atoms with Gasteiger partial charge in [0.25, 0.3) is 5.76 Å². The molecule has 1 N–H and O–H groups in total. The lowest BCUT2D eigenvalue weighted by Crippen LogP contribution is -2.14. The summed E-state index contributed by atoms with van der Waals surface area (Å²) in [6, 6.07) is 14.1. The Morgan fingerprint density at radius 1 is 1.19 bits per heavy atom. The van der Waals surface area contributed by atoms with E-state index in [1.165, 1.54) is 11.8 Å². The number of rotatable bonds is 7. The predicted octanol–water partition coefficient (Wildman–Crippen LogP) is 4.62. The molecule has 1 aromatic heterocycles. The molecule has 0 bridgehead atoms. The molecule has 27 heavy (non-hydrogen) atoms. The number of halogens is 2. The van der Waals surface area contributed by atoms with Gasteiger partial charge >= 0.3 is 0 Å². The molecule has 0 aliphatic heterocycles. The first-order valence-corrected chi connectivity index (χ1v) is 9.83. The van der Waals surface area contributed by atoms with Crippen molar-refractivity contribution in [2.24, 2.45) is 0 Å². The summed E-state index contributed by atoms with van der Waals surface area (Å²) in [6.45, 7) is 1.99. The summed E-state index contributed by atoms with van der Waals surface area (Å²) in [5.41, 5.74) is 2.59. The minimum absolute atomic E-state index is 0.151. The average molecular weight is 406 g/mol. The molecule has 0 fully saturated rings. The molecule has 0 spiro atoms. The number of aromatic nitrogens is 3. The molecule has 1 heterocycles. The molecular weight excluding hydrogens is 390 g/mol. The highest BCUT2D eigenvalue weighted by Gasteiger charge is 2.12. The van der Waals surface area contributed by atoms with Gasteiger partial charge in [0, 0.05) is 10.6 Å². The van der Waals surface area contributed by atoms with E-state index in [9.17, 15) is 13.6 Å². The molecule has 0 aliphatic carbocycles. The summed E-state index contributed by atoms with van der Waals surface area (Å²) in [4.78, 5) is 12.6. The maximum absolute atomic E-state index is 12.3. The van der Waals surface area contributed by atoms with E-state index in [1.807, 2.05) is 35.8 Å². The van der Waals surface area contributed by atoms with Crippen molar-refractivity contribution < 1.29 is 13.6 Å². The molecule has 9 heteroatoms. The van der Waals surface area contributed by atoms with Crippen LogP contribution in [-0.4, -0.2) is 32.2 Å². The molecule has 2 aromatic carbocycles. The van der Waals surface area contributed by atoms with Crippen LogP contribution in [0.3, 0.4) is 0 Å². The van der Waals surface area contributed by atoms with Crippen LogP contribution in [0.5, 0.6) is 0 Å². The Labute approximate surface area is 163 Å². The first-order valence-electron chi connectivity index (χ1n) is 7.96. The minimum Gasteiger partial charge on any atom is -0.325 e. The molecule has 0 radical (unpaired) electrons. The van der Waals surface area contributed by atoms with Gasteiger partial charge in [-0.15, -0.1) is 10.2 Å². The molecule has 5 nitrogen and oxygen atoms in total. The molecule has 140 valence electrons. The van der Waals surface area contributed by atoms with Gasteiger partial charge in [-0.2, -0.15) is 8.78 Å². The zero-order chi connectivity index (χ0) is 19.2. The predicted molar refractivity (Wildman–Crippen MR) is 104 cm³/mol. The first-order chi connectivity index (χ1) is 13.0. The number of aryl methyl sites for hydroxylation is 1. The summed E-state index contributed by atoms with van der Waals surface area (Å²) in [6.07, 6.45) is 1.61. The number of anilines is 1. The second-order valence-corrected chi connectivity index (χ2v) is 7.52. The van der Waals surface area contributed by atoms with Gasteiger partial charge in [-0.25, -0.2) is 0 Å². The van der Waals surface area contributed by atoms with E-state index in [2.05, 4.69) is 15.5 Å². The SMILES string of the molecule is Cc1ccccc1-n1cnnc1SCC(=O)Nc1ccc(SC(F)F)cc1. The third-order valence-electron chi connectivity index (χ3n) is 3.59. The van der Waals surface area contributed by atoms with E-state index >= 15 is 0 Å². The Hall–Kier alpha value is -2.39. The smallest absolute Gasteiger partial charge is 0.288 e. The number of nitrogens with one attached hydrogen (secondary N) is 1. The standard InChI is InChI=1S/C18H16F2N4OS2/c1-12-4-2-3-5-15(12)24-11-21-23-18(24)26-10-16(25)22-13-6-8-14(9-7-13)27-17(19)20/h2-9,11,17H,10H2,1H3,(H,22,25). The second-order valence-electron chi connectivity index (χ2n) is 5.51. The number of benzene rings is 2.